The van der Waals surface area contributed by atoms with Crippen molar-refractivity contribution in [2.45, 2.75) is 6.61 Å². The number of methoxy groups -OCH3 is 4. The van der Waals surface area contributed by atoms with Crippen LogP contribution in [0.1, 0.15) is 15.9 Å². The Morgan fingerprint density at radius 1 is 0.828 bits per heavy atom. The Morgan fingerprint density at radius 2 is 1.48 bits per heavy atom. The first kappa shape index (κ1) is 18.7. The van der Waals surface area contributed by atoms with Crippen molar-refractivity contribution in [1.29, 1.82) is 0 Å². The van der Waals surface area contributed by atoms with Gasteiger partial charge in [0.25, 0.3) is 0 Å². The van der Waals surface area contributed by atoms with Crippen molar-refractivity contribution in [2.75, 3.05) is 28.4 Å². The molecular formula is C22H20O7. The van der Waals surface area contributed by atoms with E-state index in [4.69, 9.17) is 23.7 Å². The molecule has 3 aromatic carbocycles. The summed E-state index contributed by atoms with van der Waals surface area (Å²) in [5, 5.41) is 11.8. The molecule has 150 valence electrons. The molecule has 0 fully saturated rings. The highest BCUT2D eigenvalue weighted by Gasteiger charge is 2.29. The summed E-state index contributed by atoms with van der Waals surface area (Å²) in [4.78, 5) is 12.5. The highest BCUT2D eigenvalue weighted by Crippen LogP contribution is 2.46. The summed E-state index contributed by atoms with van der Waals surface area (Å²) >= 11 is 0. The van der Waals surface area contributed by atoms with Crippen molar-refractivity contribution in [3.8, 4) is 39.9 Å². The summed E-state index contributed by atoms with van der Waals surface area (Å²) in [5.74, 6) is 1.26. The molecule has 1 heterocycles. The number of phenolic OH excluding ortho intramolecular Hbond substituents is 1. The number of phenols is 1. The molecule has 0 aromatic heterocycles. The van der Waals surface area contributed by atoms with Crippen molar-refractivity contribution in [3.05, 3.63) is 41.5 Å². The van der Waals surface area contributed by atoms with Crippen molar-refractivity contribution in [3.63, 3.8) is 0 Å². The molecule has 29 heavy (non-hydrogen) atoms. The van der Waals surface area contributed by atoms with Gasteiger partial charge in [0.05, 0.1) is 34.0 Å². The summed E-state index contributed by atoms with van der Waals surface area (Å²) < 4.78 is 26.9. The van der Waals surface area contributed by atoms with Gasteiger partial charge in [0.2, 0.25) is 5.75 Å². The second-order valence-electron chi connectivity index (χ2n) is 6.52. The molecule has 1 aliphatic rings. The molecule has 0 spiro atoms. The van der Waals surface area contributed by atoms with Crippen LogP contribution in [0.3, 0.4) is 0 Å². The largest absolute Gasteiger partial charge is 0.504 e. The van der Waals surface area contributed by atoms with Crippen molar-refractivity contribution in [2.24, 2.45) is 0 Å². The van der Waals surface area contributed by atoms with Crippen LogP contribution in [0.4, 0.5) is 0 Å². The summed E-state index contributed by atoms with van der Waals surface area (Å²) in [6.45, 7) is 0.185. The van der Waals surface area contributed by atoms with Gasteiger partial charge in [0.1, 0.15) is 6.61 Å². The molecule has 7 nitrogen and oxygen atoms in total. The SMILES string of the molecule is COc1cc2cc3c(c(-c4cc(OC)c(OC)c(OC)c4)c2cc1O)C(=O)OC3. The molecule has 1 aliphatic heterocycles. The number of aromatic hydroxyl groups is 1. The molecule has 0 aliphatic carbocycles. The first-order valence-electron chi connectivity index (χ1n) is 8.86. The van der Waals surface area contributed by atoms with Crippen molar-refractivity contribution >= 4 is 16.7 Å². The van der Waals surface area contributed by atoms with E-state index in [0.29, 0.717) is 45.1 Å². The van der Waals surface area contributed by atoms with Crippen LogP contribution in [0.25, 0.3) is 21.9 Å². The Labute approximate surface area is 167 Å². The van der Waals surface area contributed by atoms with E-state index in [1.54, 1.807) is 24.3 Å². The molecule has 0 saturated heterocycles. The minimum Gasteiger partial charge on any atom is -0.504 e. The van der Waals surface area contributed by atoms with Gasteiger partial charge in [0, 0.05) is 11.1 Å². The lowest BCUT2D eigenvalue weighted by atomic mass is 9.90. The maximum absolute atomic E-state index is 12.5. The van der Waals surface area contributed by atoms with E-state index in [2.05, 4.69) is 0 Å². The number of benzene rings is 3. The fourth-order valence-corrected chi connectivity index (χ4v) is 3.73. The van der Waals surface area contributed by atoms with Crippen LogP contribution in [0.15, 0.2) is 30.3 Å². The van der Waals surface area contributed by atoms with E-state index in [1.807, 2.05) is 6.07 Å². The lowest BCUT2D eigenvalue weighted by molar-refractivity contribution is 0.0535. The van der Waals surface area contributed by atoms with Crippen molar-refractivity contribution < 1.29 is 33.6 Å². The van der Waals surface area contributed by atoms with Gasteiger partial charge >= 0.3 is 5.97 Å². The number of ether oxygens (including phenoxy) is 5. The molecule has 3 aromatic rings. The maximum atomic E-state index is 12.5. The minimum absolute atomic E-state index is 0.0278. The van der Waals surface area contributed by atoms with Gasteiger partial charge in [0.15, 0.2) is 23.0 Å². The van der Waals surface area contributed by atoms with Crippen LogP contribution in [-0.2, 0) is 11.3 Å². The molecule has 1 N–H and O–H groups in total. The number of hydrogen-bond donors (Lipinski definition) is 1. The summed E-state index contributed by atoms with van der Waals surface area (Å²) in [5.41, 5.74) is 2.51. The standard InChI is InChI=1S/C22H20O7/c1-25-16-6-11-5-13-10-29-22(24)20(13)19(14(11)9-15(16)23)12-7-17(26-2)21(28-4)18(8-12)27-3/h5-9,23H,10H2,1-4H3. The highest BCUT2D eigenvalue weighted by molar-refractivity contribution is 6.11. The van der Waals surface area contributed by atoms with E-state index in [-0.39, 0.29) is 12.4 Å². The molecule has 7 heteroatoms. The maximum Gasteiger partial charge on any atom is 0.339 e. The second-order valence-corrected chi connectivity index (χ2v) is 6.52. The van der Waals surface area contributed by atoms with Crippen LogP contribution in [0, 0.1) is 0 Å². The lowest BCUT2D eigenvalue weighted by Gasteiger charge is -2.17. The van der Waals surface area contributed by atoms with Gasteiger partial charge in [-0.3, -0.25) is 0 Å². The van der Waals surface area contributed by atoms with Crippen LogP contribution in [0.2, 0.25) is 0 Å². The topological polar surface area (TPSA) is 83.5 Å². The van der Waals surface area contributed by atoms with E-state index in [9.17, 15) is 9.90 Å². The monoisotopic (exact) mass is 396 g/mol. The molecule has 0 saturated carbocycles. The molecule has 0 amide bonds. The lowest BCUT2D eigenvalue weighted by Crippen LogP contribution is -2.01. The predicted octanol–water partition coefficient (Wildman–Crippen LogP) is 3.92. The average Bonchev–Trinajstić information content (AvgIpc) is 3.10. The van der Waals surface area contributed by atoms with Gasteiger partial charge in [-0.25, -0.2) is 4.79 Å². The summed E-state index contributed by atoms with van der Waals surface area (Å²) in [6, 6.07) is 8.72. The van der Waals surface area contributed by atoms with Gasteiger partial charge in [-0.1, -0.05) is 0 Å². The van der Waals surface area contributed by atoms with Gasteiger partial charge in [-0.05, 0) is 46.7 Å². The number of fused-ring (bicyclic) bond motifs is 2. The molecule has 0 radical (unpaired) electrons. The normalized spacial score (nSPS) is 12.5. The van der Waals surface area contributed by atoms with E-state index in [1.165, 1.54) is 28.4 Å². The zero-order valence-corrected chi connectivity index (χ0v) is 16.5. The number of carbonyl (C=O) groups is 1. The van der Waals surface area contributed by atoms with Crippen LogP contribution in [-0.4, -0.2) is 39.5 Å². The van der Waals surface area contributed by atoms with E-state index in [0.717, 1.165) is 10.9 Å². The smallest absolute Gasteiger partial charge is 0.339 e. The third-order valence-electron chi connectivity index (χ3n) is 5.04. The molecule has 0 atom stereocenters. The average molecular weight is 396 g/mol. The first-order chi connectivity index (χ1) is 14.0. The van der Waals surface area contributed by atoms with E-state index < -0.39 is 5.97 Å². The summed E-state index contributed by atoms with van der Waals surface area (Å²) in [7, 11) is 6.07. The Morgan fingerprint density at radius 3 is 2.07 bits per heavy atom. The molecule has 0 unspecified atom stereocenters. The zero-order valence-electron chi connectivity index (χ0n) is 16.5. The highest BCUT2D eigenvalue weighted by atomic mass is 16.5. The van der Waals surface area contributed by atoms with Crippen LogP contribution < -0.4 is 18.9 Å². The molecule has 4 rings (SSSR count). The third-order valence-corrected chi connectivity index (χ3v) is 5.04. The van der Waals surface area contributed by atoms with E-state index >= 15 is 0 Å². The second kappa shape index (κ2) is 7.09. The third kappa shape index (κ3) is 2.86. The molecular weight excluding hydrogens is 376 g/mol. The Bertz CT molecular complexity index is 1110. The van der Waals surface area contributed by atoms with Crippen molar-refractivity contribution in [1.82, 2.24) is 0 Å². The minimum atomic E-state index is -0.416. The molecule has 0 bridgehead atoms. The Balaban J connectivity index is 2.12. The van der Waals surface area contributed by atoms with Gasteiger partial charge in [-0.2, -0.15) is 0 Å². The van der Waals surface area contributed by atoms with Crippen LogP contribution >= 0.6 is 0 Å². The Hall–Kier alpha value is -3.61. The summed E-state index contributed by atoms with van der Waals surface area (Å²) in [6.07, 6.45) is 0. The van der Waals surface area contributed by atoms with Gasteiger partial charge in [-0.15, -0.1) is 0 Å². The number of hydrogen-bond acceptors (Lipinski definition) is 7. The number of esters is 1. The van der Waals surface area contributed by atoms with Crippen LogP contribution in [0.5, 0.6) is 28.7 Å². The first-order valence-corrected chi connectivity index (χ1v) is 8.86. The number of carbonyl (C=O) groups excluding carboxylic acids is 1. The predicted molar refractivity (Wildman–Crippen MR) is 106 cm³/mol. The van der Waals surface area contributed by atoms with Gasteiger partial charge < -0.3 is 28.8 Å². The quantitative estimate of drug-likeness (QED) is 0.655. The zero-order chi connectivity index (χ0) is 20.7. The fourth-order valence-electron chi connectivity index (χ4n) is 3.73. The Kier molecular flexibility index (Phi) is 4.58. The fraction of sp³-hybridized carbons (Fsp3) is 0.227. The number of cyclic esters (lactones) is 1. The number of rotatable bonds is 5.